The minimum absolute atomic E-state index is 0.228. The number of nitrogens with zero attached hydrogens (tertiary/aromatic N) is 1. The monoisotopic (exact) mass is 393 g/mol. The van der Waals surface area contributed by atoms with Crippen molar-refractivity contribution in [2.45, 2.75) is 18.4 Å². The van der Waals surface area contributed by atoms with E-state index >= 15 is 0 Å². The molecular formula is C22H23N3O2S. The van der Waals surface area contributed by atoms with Crippen LogP contribution in [0.2, 0.25) is 0 Å². The average molecular weight is 394 g/mol. The van der Waals surface area contributed by atoms with Gasteiger partial charge in [0.15, 0.2) is 0 Å². The molecule has 0 fully saturated rings. The Morgan fingerprint density at radius 1 is 1.11 bits per heavy atom. The fourth-order valence-electron chi connectivity index (χ4n) is 2.46. The van der Waals surface area contributed by atoms with Crippen LogP contribution in [0.5, 0.6) is 5.75 Å². The maximum absolute atomic E-state index is 12.1. The molecule has 0 bridgehead atoms. The summed E-state index contributed by atoms with van der Waals surface area (Å²) in [6.07, 6.45) is 3.50. The van der Waals surface area contributed by atoms with Crippen molar-refractivity contribution in [3.63, 3.8) is 0 Å². The number of aryl methyl sites for hydroxylation is 1. The van der Waals surface area contributed by atoms with Gasteiger partial charge in [-0.3, -0.25) is 4.98 Å². The zero-order valence-corrected chi connectivity index (χ0v) is 16.5. The Bertz CT molecular complexity index is 886. The SMILES string of the molecule is Cc1ccc(SCCNC(=O)Nc2cccc(OCc3cccnc3)c2)cc1. The first kappa shape index (κ1) is 19.8. The number of rotatable bonds is 8. The van der Waals surface area contributed by atoms with Gasteiger partial charge in [0.25, 0.3) is 0 Å². The average Bonchev–Trinajstić information content (AvgIpc) is 2.72. The number of carbonyl (C=O) groups is 1. The molecule has 0 saturated heterocycles. The van der Waals surface area contributed by atoms with Crippen molar-refractivity contribution in [2.75, 3.05) is 17.6 Å². The molecule has 0 radical (unpaired) electrons. The Morgan fingerprint density at radius 2 is 1.96 bits per heavy atom. The second-order valence-electron chi connectivity index (χ2n) is 6.22. The molecule has 28 heavy (non-hydrogen) atoms. The predicted octanol–water partition coefficient (Wildman–Crippen LogP) is 4.88. The van der Waals surface area contributed by atoms with E-state index in [1.165, 1.54) is 10.5 Å². The molecule has 6 heteroatoms. The van der Waals surface area contributed by atoms with E-state index in [1.807, 2.05) is 30.3 Å². The molecule has 5 nitrogen and oxygen atoms in total. The fraction of sp³-hybridized carbons (Fsp3) is 0.182. The van der Waals surface area contributed by atoms with Crippen LogP contribution in [0.25, 0.3) is 0 Å². The van der Waals surface area contributed by atoms with Crippen LogP contribution in [0.15, 0.2) is 78.0 Å². The topological polar surface area (TPSA) is 63.2 Å². The molecule has 3 aromatic rings. The lowest BCUT2D eigenvalue weighted by Gasteiger charge is -2.10. The van der Waals surface area contributed by atoms with Gasteiger partial charge in [0.1, 0.15) is 12.4 Å². The molecule has 0 aliphatic carbocycles. The summed E-state index contributed by atoms with van der Waals surface area (Å²) in [5.74, 6) is 1.50. The van der Waals surface area contributed by atoms with Crippen LogP contribution in [-0.2, 0) is 6.61 Å². The summed E-state index contributed by atoms with van der Waals surface area (Å²) in [7, 11) is 0. The highest BCUT2D eigenvalue weighted by Gasteiger charge is 2.03. The molecule has 2 amide bonds. The Labute approximate surface area is 169 Å². The van der Waals surface area contributed by atoms with E-state index in [0.29, 0.717) is 24.6 Å². The number of urea groups is 1. The van der Waals surface area contributed by atoms with Gasteiger partial charge >= 0.3 is 6.03 Å². The third kappa shape index (κ3) is 6.63. The molecule has 3 rings (SSSR count). The van der Waals surface area contributed by atoms with Crippen LogP contribution in [0.1, 0.15) is 11.1 Å². The lowest BCUT2D eigenvalue weighted by Crippen LogP contribution is -2.30. The van der Waals surface area contributed by atoms with Crippen LogP contribution in [0.3, 0.4) is 0 Å². The largest absolute Gasteiger partial charge is 0.489 e. The molecule has 144 valence electrons. The Hall–Kier alpha value is -2.99. The lowest BCUT2D eigenvalue weighted by atomic mass is 10.2. The van der Waals surface area contributed by atoms with Crippen molar-refractivity contribution in [1.82, 2.24) is 10.3 Å². The van der Waals surface area contributed by atoms with Gasteiger partial charge in [-0.05, 0) is 37.3 Å². The smallest absolute Gasteiger partial charge is 0.319 e. The summed E-state index contributed by atoms with van der Waals surface area (Å²) in [5, 5.41) is 5.71. The van der Waals surface area contributed by atoms with Crippen molar-refractivity contribution in [3.8, 4) is 5.75 Å². The van der Waals surface area contributed by atoms with E-state index in [2.05, 4.69) is 46.8 Å². The summed E-state index contributed by atoms with van der Waals surface area (Å²) in [6.45, 7) is 3.08. The minimum Gasteiger partial charge on any atom is -0.489 e. The van der Waals surface area contributed by atoms with Crippen LogP contribution >= 0.6 is 11.8 Å². The highest BCUT2D eigenvalue weighted by Crippen LogP contribution is 2.19. The number of pyridine rings is 1. The number of aromatic nitrogens is 1. The van der Waals surface area contributed by atoms with Crippen molar-refractivity contribution in [3.05, 3.63) is 84.2 Å². The highest BCUT2D eigenvalue weighted by atomic mass is 32.2. The van der Waals surface area contributed by atoms with E-state index in [1.54, 1.807) is 30.2 Å². The van der Waals surface area contributed by atoms with E-state index in [4.69, 9.17) is 4.74 Å². The Balaban J connectivity index is 1.40. The number of anilines is 1. The molecule has 1 heterocycles. The minimum atomic E-state index is -0.228. The standard InChI is InChI=1S/C22H23N3O2S/c1-17-7-9-21(10-8-17)28-13-12-24-22(26)25-19-5-2-6-20(14-19)27-16-18-4-3-11-23-15-18/h2-11,14-15H,12-13,16H2,1H3,(H2,24,25,26). The lowest BCUT2D eigenvalue weighted by molar-refractivity contribution is 0.252. The molecule has 0 unspecified atom stereocenters. The number of carbonyl (C=O) groups excluding carboxylic acids is 1. The van der Waals surface area contributed by atoms with Gasteiger partial charge in [0.2, 0.25) is 0 Å². The van der Waals surface area contributed by atoms with E-state index in [-0.39, 0.29) is 6.03 Å². The van der Waals surface area contributed by atoms with Gasteiger partial charge in [0.05, 0.1) is 0 Å². The first-order valence-corrected chi connectivity index (χ1v) is 10.0. The molecule has 0 atom stereocenters. The Morgan fingerprint density at radius 3 is 2.75 bits per heavy atom. The quantitative estimate of drug-likeness (QED) is 0.423. The zero-order chi connectivity index (χ0) is 19.6. The number of ether oxygens (including phenoxy) is 1. The van der Waals surface area contributed by atoms with E-state index in [9.17, 15) is 4.79 Å². The van der Waals surface area contributed by atoms with E-state index < -0.39 is 0 Å². The first-order chi connectivity index (χ1) is 13.7. The van der Waals surface area contributed by atoms with Crippen molar-refractivity contribution < 1.29 is 9.53 Å². The van der Waals surface area contributed by atoms with Crippen molar-refractivity contribution >= 4 is 23.5 Å². The maximum Gasteiger partial charge on any atom is 0.319 e. The maximum atomic E-state index is 12.1. The predicted molar refractivity (Wildman–Crippen MR) is 114 cm³/mol. The summed E-state index contributed by atoms with van der Waals surface area (Å²) >= 11 is 1.72. The number of hydrogen-bond donors (Lipinski definition) is 2. The number of nitrogens with one attached hydrogen (secondary N) is 2. The number of hydrogen-bond acceptors (Lipinski definition) is 4. The Kier molecular flexibility index (Phi) is 7.32. The third-order valence-corrected chi connectivity index (χ3v) is 4.91. The summed E-state index contributed by atoms with van der Waals surface area (Å²) in [5.41, 5.74) is 2.92. The van der Waals surface area contributed by atoms with Crippen LogP contribution in [0, 0.1) is 6.92 Å². The summed E-state index contributed by atoms with van der Waals surface area (Å²) < 4.78 is 5.76. The van der Waals surface area contributed by atoms with Crippen LogP contribution in [0.4, 0.5) is 10.5 Å². The molecular weight excluding hydrogens is 370 g/mol. The van der Waals surface area contributed by atoms with Crippen molar-refractivity contribution in [2.24, 2.45) is 0 Å². The van der Waals surface area contributed by atoms with Gasteiger partial charge < -0.3 is 15.4 Å². The van der Waals surface area contributed by atoms with Crippen LogP contribution < -0.4 is 15.4 Å². The number of benzene rings is 2. The van der Waals surface area contributed by atoms with Gasteiger partial charge in [-0.2, -0.15) is 0 Å². The molecule has 2 N–H and O–H groups in total. The summed E-state index contributed by atoms with van der Waals surface area (Å²) in [4.78, 5) is 17.3. The first-order valence-electron chi connectivity index (χ1n) is 9.05. The van der Waals surface area contributed by atoms with Crippen molar-refractivity contribution in [1.29, 1.82) is 0 Å². The fourth-order valence-corrected chi connectivity index (χ4v) is 3.23. The molecule has 0 aliphatic heterocycles. The third-order valence-electron chi connectivity index (χ3n) is 3.90. The highest BCUT2D eigenvalue weighted by molar-refractivity contribution is 7.99. The molecule has 1 aromatic heterocycles. The van der Waals surface area contributed by atoms with E-state index in [0.717, 1.165) is 11.3 Å². The molecule has 0 spiro atoms. The zero-order valence-electron chi connectivity index (χ0n) is 15.7. The molecule has 0 aliphatic rings. The van der Waals surface area contributed by atoms with Crippen LogP contribution in [-0.4, -0.2) is 23.3 Å². The second-order valence-corrected chi connectivity index (χ2v) is 7.39. The van der Waals surface area contributed by atoms with Gasteiger partial charge in [0, 0.05) is 46.9 Å². The number of thioether (sulfide) groups is 1. The normalized spacial score (nSPS) is 10.3. The van der Waals surface area contributed by atoms with Gasteiger partial charge in [-0.1, -0.05) is 29.8 Å². The molecule has 0 saturated carbocycles. The summed E-state index contributed by atoms with van der Waals surface area (Å²) in [6, 6.07) is 19.3. The second kappa shape index (κ2) is 10.4. The van der Waals surface area contributed by atoms with Gasteiger partial charge in [-0.25, -0.2) is 4.79 Å². The number of amides is 2. The van der Waals surface area contributed by atoms with Gasteiger partial charge in [-0.15, -0.1) is 11.8 Å². The molecule has 2 aromatic carbocycles.